The number of aromatic nitrogens is 2. The Morgan fingerprint density at radius 3 is 2.75 bits per heavy atom. The summed E-state index contributed by atoms with van der Waals surface area (Å²) in [7, 11) is 1.56. The second-order valence-electron chi connectivity index (χ2n) is 6.18. The number of ether oxygens (including phenoxy) is 1. The largest absolute Gasteiger partial charge is 0.376 e. The quantitative estimate of drug-likeness (QED) is 0.902. The van der Waals surface area contributed by atoms with Crippen LogP contribution in [-0.4, -0.2) is 52.9 Å². The van der Waals surface area contributed by atoms with Crippen molar-refractivity contribution in [2.75, 3.05) is 20.2 Å². The Balaban J connectivity index is 2.06. The van der Waals surface area contributed by atoms with E-state index in [9.17, 15) is 9.59 Å². The number of carbonyl (C=O) groups excluding carboxylic acids is 1. The molecule has 1 aliphatic heterocycles. The monoisotopic (exact) mass is 330 g/mol. The molecule has 1 aromatic carbocycles. The number of nitrogens with zero attached hydrogens (tertiary/aromatic N) is 3. The predicted octanol–water partition coefficient (Wildman–Crippen LogP) is 0.823. The zero-order valence-electron chi connectivity index (χ0n) is 14.2. The normalized spacial score (nSPS) is 21.8. The molecule has 2 aromatic rings. The van der Waals surface area contributed by atoms with Crippen molar-refractivity contribution in [1.29, 1.82) is 0 Å². The van der Waals surface area contributed by atoms with Gasteiger partial charge in [0.15, 0.2) is 5.69 Å². The minimum absolute atomic E-state index is 0.107. The summed E-state index contributed by atoms with van der Waals surface area (Å²) in [6.45, 7) is 5.73. The number of amides is 1. The van der Waals surface area contributed by atoms with Gasteiger partial charge >= 0.3 is 0 Å². The molecule has 0 spiro atoms. The maximum atomic E-state index is 12.8. The number of fused-ring (bicyclic) bond motifs is 1. The summed E-state index contributed by atoms with van der Waals surface area (Å²) in [5.74, 6) is -0.302. The molecule has 0 aliphatic carbocycles. The molecular formula is C17H22N4O3. The SMILES string of the molecule is CNC(=O)c1nn(CN2C[C@@H](C)OC[C@H]2C)c(=O)c2ccccc12. The molecular weight excluding hydrogens is 308 g/mol. The second kappa shape index (κ2) is 6.70. The number of carbonyl (C=O) groups is 1. The number of benzene rings is 1. The van der Waals surface area contributed by atoms with Crippen molar-refractivity contribution in [3.8, 4) is 0 Å². The van der Waals surface area contributed by atoms with Crippen LogP contribution in [0, 0.1) is 0 Å². The summed E-state index contributed by atoms with van der Waals surface area (Å²) in [5, 5.41) is 7.99. The van der Waals surface area contributed by atoms with Crippen LogP contribution < -0.4 is 10.9 Å². The first-order chi connectivity index (χ1) is 11.5. The molecule has 1 N–H and O–H groups in total. The van der Waals surface area contributed by atoms with Crippen molar-refractivity contribution < 1.29 is 9.53 Å². The van der Waals surface area contributed by atoms with E-state index in [0.717, 1.165) is 6.54 Å². The van der Waals surface area contributed by atoms with E-state index in [1.54, 1.807) is 31.3 Å². The Hall–Kier alpha value is -2.25. The zero-order chi connectivity index (χ0) is 17.3. The van der Waals surface area contributed by atoms with Gasteiger partial charge in [0, 0.05) is 25.0 Å². The Morgan fingerprint density at radius 1 is 1.33 bits per heavy atom. The molecule has 7 nitrogen and oxygen atoms in total. The lowest BCUT2D eigenvalue weighted by Gasteiger charge is -2.36. The van der Waals surface area contributed by atoms with Crippen LogP contribution in [0.4, 0.5) is 0 Å². The highest BCUT2D eigenvalue weighted by Gasteiger charge is 2.25. The van der Waals surface area contributed by atoms with Crippen molar-refractivity contribution in [2.45, 2.75) is 32.7 Å². The number of morpholine rings is 1. The van der Waals surface area contributed by atoms with Crippen LogP contribution >= 0.6 is 0 Å². The van der Waals surface area contributed by atoms with E-state index >= 15 is 0 Å². The minimum Gasteiger partial charge on any atom is -0.376 e. The van der Waals surface area contributed by atoms with E-state index in [1.807, 2.05) is 6.92 Å². The van der Waals surface area contributed by atoms with E-state index in [4.69, 9.17) is 4.74 Å². The Morgan fingerprint density at radius 2 is 2.04 bits per heavy atom. The van der Waals surface area contributed by atoms with E-state index in [0.29, 0.717) is 24.0 Å². The van der Waals surface area contributed by atoms with E-state index in [1.165, 1.54) is 4.68 Å². The average Bonchev–Trinajstić information content (AvgIpc) is 2.60. The number of hydrogen-bond acceptors (Lipinski definition) is 5. The van der Waals surface area contributed by atoms with Gasteiger partial charge in [-0.1, -0.05) is 18.2 Å². The first-order valence-corrected chi connectivity index (χ1v) is 8.09. The second-order valence-corrected chi connectivity index (χ2v) is 6.18. The summed E-state index contributed by atoms with van der Waals surface area (Å²) in [4.78, 5) is 27.1. The zero-order valence-corrected chi connectivity index (χ0v) is 14.2. The molecule has 1 aromatic heterocycles. The third-order valence-corrected chi connectivity index (χ3v) is 4.36. The molecule has 128 valence electrons. The average molecular weight is 330 g/mol. The predicted molar refractivity (Wildman–Crippen MR) is 91.0 cm³/mol. The van der Waals surface area contributed by atoms with Crippen molar-refractivity contribution >= 4 is 16.7 Å². The van der Waals surface area contributed by atoms with Crippen molar-refractivity contribution in [3.05, 3.63) is 40.3 Å². The fourth-order valence-corrected chi connectivity index (χ4v) is 2.96. The van der Waals surface area contributed by atoms with Crippen molar-refractivity contribution in [3.63, 3.8) is 0 Å². The highest BCUT2D eigenvalue weighted by molar-refractivity contribution is 6.04. The first kappa shape index (κ1) is 16.6. The lowest BCUT2D eigenvalue weighted by atomic mass is 10.1. The van der Waals surface area contributed by atoms with Gasteiger partial charge in [0.2, 0.25) is 0 Å². The third kappa shape index (κ3) is 3.05. The van der Waals surface area contributed by atoms with Gasteiger partial charge in [0.25, 0.3) is 11.5 Å². The molecule has 1 amide bonds. The van der Waals surface area contributed by atoms with E-state index < -0.39 is 0 Å². The molecule has 1 aliphatic rings. The number of nitrogens with one attached hydrogen (secondary N) is 1. The lowest BCUT2D eigenvalue weighted by molar-refractivity contribution is -0.0628. The van der Waals surface area contributed by atoms with Gasteiger partial charge in [-0.15, -0.1) is 0 Å². The Bertz CT molecular complexity index is 817. The van der Waals surface area contributed by atoms with Gasteiger partial charge in [-0.3, -0.25) is 14.5 Å². The molecule has 3 rings (SSSR count). The maximum Gasteiger partial charge on any atom is 0.275 e. The van der Waals surface area contributed by atoms with Gasteiger partial charge in [0.05, 0.1) is 24.8 Å². The molecule has 1 saturated heterocycles. The molecule has 24 heavy (non-hydrogen) atoms. The summed E-state index contributed by atoms with van der Waals surface area (Å²) in [6, 6.07) is 7.25. The van der Waals surface area contributed by atoms with E-state index in [-0.39, 0.29) is 29.3 Å². The minimum atomic E-state index is -0.302. The van der Waals surface area contributed by atoms with Crippen LogP contribution in [-0.2, 0) is 11.4 Å². The number of rotatable bonds is 3. The van der Waals surface area contributed by atoms with Crippen LogP contribution in [0.5, 0.6) is 0 Å². The molecule has 0 bridgehead atoms. The van der Waals surface area contributed by atoms with Gasteiger partial charge < -0.3 is 10.1 Å². The van der Waals surface area contributed by atoms with Crippen LogP contribution in [0.3, 0.4) is 0 Å². The van der Waals surface area contributed by atoms with Gasteiger partial charge in [-0.25, -0.2) is 4.68 Å². The summed E-state index contributed by atoms with van der Waals surface area (Å²) in [6.07, 6.45) is 0.107. The topological polar surface area (TPSA) is 76.5 Å². The molecule has 2 heterocycles. The van der Waals surface area contributed by atoms with Crippen LogP contribution in [0.1, 0.15) is 24.3 Å². The molecule has 1 fully saturated rings. The fourth-order valence-electron chi connectivity index (χ4n) is 2.96. The fraction of sp³-hybridized carbons (Fsp3) is 0.471. The highest BCUT2D eigenvalue weighted by atomic mass is 16.5. The lowest BCUT2D eigenvalue weighted by Crippen LogP contribution is -2.49. The van der Waals surface area contributed by atoms with E-state index in [2.05, 4.69) is 22.2 Å². The van der Waals surface area contributed by atoms with Crippen molar-refractivity contribution in [2.24, 2.45) is 0 Å². The summed E-state index contributed by atoms with van der Waals surface area (Å²) >= 11 is 0. The molecule has 7 heteroatoms. The molecule has 2 atom stereocenters. The van der Waals surface area contributed by atoms with Gasteiger partial charge in [0.1, 0.15) is 0 Å². The summed E-state index contributed by atoms with van der Waals surface area (Å²) in [5.41, 5.74) is 0.0752. The Labute approximate surface area is 140 Å². The third-order valence-electron chi connectivity index (χ3n) is 4.36. The van der Waals surface area contributed by atoms with Crippen LogP contribution in [0.25, 0.3) is 10.8 Å². The molecule has 0 unspecified atom stereocenters. The van der Waals surface area contributed by atoms with Crippen LogP contribution in [0.2, 0.25) is 0 Å². The number of hydrogen-bond donors (Lipinski definition) is 1. The van der Waals surface area contributed by atoms with Gasteiger partial charge in [-0.2, -0.15) is 5.10 Å². The smallest absolute Gasteiger partial charge is 0.275 e. The maximum absolute atomic E-state index is 12.8. The highest BCUT2D eigenvalue weighted by Crippen LogP contribution is 2.15. The molecule has 0 saturated carbocycles. The first-order valence-electron chi connectivity index (χ1n) is 8.09. The van der Waals surface area contributed by atoms with Gasteiger partial charge in [-0.05, 0) is 19.9 Å². The standard InChI is InChI=1S/C17H22N4O3/c1-11-9-24-12(2)8-20(11)10-21-17(23)14-7-5-4-6-13(14)15(19-21)16(22)18-3/h4-7,11-12H,8-10H2,1-3H3,(H,18,22)/t11-,12-/m1/s1. The van der Waals surface area contributed by atoms with Crippen LogP contribution in [0.15, 0.2) is 29.1 Å². The summed E-state index contributed by atoms with van der Waals surface area (Å²) < 4.78 is 7.00. The van der Waals surface area contributed by atoms with Crippen molar-refractivity contribution in [1.82, 2.24) is 20.0 Å². The molecule has 0 radical (unpaired) electrons. The Kier molecular flexibility index (Phi) is 4.64.